The SMILES string of the molecule is CCCCCCCCCCCCCCCC(O)CCCCCCCC(=O)OC. The summed E-state index contributed by atoms with van der Waals surface area (Å²) in [5.41, 5.74) is 0. The highest BCUT2D eigenvalue weighted by Crippen LogP contribution is 2.15. The van der Waals surface area contributed by atoms with Gasteiger partial charge in [0.15, 0.2) is 0 Å². The maximum Gasteiger partial charge on any atom is 0.305 e. The van der Waals surface area contributed by atoms with Gasteiger partial charge in [-0.15, -0.1) is 0 Å². The molecular weight excluding hydrogens is 348 g/mol. The van der Waals surface area contributed by atoms with Crippen molar-refractivity contribution in [2.75, 3.05) is 7.11 Å². The zero-order chi connectivity index (χ0) is 20.7. The molecule has 168 valence electrons. The second-order valence-electron chi connectivity index (χ2n) is 8.57. The third kappa shape index (κ3) is 21.7. The molecule has 0 rings (SSSR count). The minimum Gasteiger partial charge on any atom is -0.469 e. The van der Waals surface area contributed by atoms with E-state index >= 15 is 0 Å². The topological polar surface area (TPSA) is 46.5 Å². The third-order valence-corrected chi connectivity index (χ3v) is 5.79. The molecule has 0 aromatic carbocycles. The Hall–Kier alpha value is -0.570. The van der Waals surface area contributed by atoms with Crippen molar-refractivity contribution >= 4 is 5.97 Å². The molecule has 0 aliphatic heterocycles. The van der Waals surface area contributed by atoms with Crippen LogP contribution in [0.25, 0.3) is 0 Å². The summed E-state index contributed by atoms with van der Waals surface area (Å²) in [5.74, 6) is -0.103. The Bertz CT molecular complexity index is 317. The number of methoxy groups -OCH3 is 1. The van der Waals surface area contributed by atoms with Crippen LogP contribution in [0.2, 0.25) is 0 Å². The van der Waals surface area contributed by atoms with Gasteiger partial charge in [0.1, 0.15) is 0 Å². The lowest BCUT2D eigenvalue weighted by atomic mass is 10.0. The Morgan fingerprint density at radius 3 is 1.39 bits per heavy atom. The van der Waals surface area contributed by atoms with Gasteiger partial charge in [-0.2, -0.15) is 0 Å². The fraction of sp³-hybridized carbons (Fsp3) is 0.960. The number of esters is 1. The smallest absolute Gasteiger partial charge is 0.305 e. The van der Waals surface area contributed by atoms with Crippen molar-refractivity contribution in [2.45, 2.75) is 148 Å². The van der Waals surface area contributed by atoms with E-state index in [1.807, 2.05) is 0 Å². The van der Waals surface area contributed by atoms with E-state index in [4.69, 9.17) is 0 Å². The zero-order valence-corrected chi connectivity index (χ0v) is 19.2. The van der Waals surface area contributed by atoms with Gasteiger partial charge in [0.2, 0.25) is 0 Å². The van der Waals surface area contributed by atoms with Gasteiger partial charge in [-0.05, 0) is 19.3 Å². The van der Waals surface area contributed by atoms with Gasteiger partial charge < -0.3 is 9.84 Å². The molecule has 0 aromatic heterocycles. The Morgan fingerprint density at radius 2 is 1.00 bits per heavy atom. The molecule has 0 amide bonds. The number of unbranched alkanes of at least 4 members (excludes halogenated alkanes) is 16. The van der Waals surface area contributed by atoms with Gasteiger partial charge in [-0.1, -0.05) is 116 Å². The maximum atomic E-state index is 11.0. The van der Waals surface area contributed by atoms with Crippen LogP contribution in [0.15, 0.2) is 0 Å². The molecule has 0 radical (unpaired) electrons. The standard InChI is InChI=1S/C25H50O3/c1-3-4-5-6-7-8-9-10-11-12-13-15-18-21-24(26)22-19-16-14-17-20-23-25(27)28-2/h24,26H,3-23H2,1-2H3. The van der Waals surface area contributed by atoms with Crippen LogP contribution >= 0.6 is 0 Å². The number of carbonyl (C=O) groups is 1. The molecule has 0 heterocycles. The average molecular weight is 399 g/mol. The van der Waals surface area contributed by atoms with E-state index in [0.717, 1.165) is 44.9 Å². The molecule has 0 bridgehead atoms. The van der Waals surface area contributed by atoms with E-state index in [9.17, 15) is 9.90 Å². The van der Waals surface area contributed by atoms with Crippen molar-refractivity contribution in [3.05, 3.63) is 0 Å². The fourth-order valence-electron chi connectivity index (χ4n) is 3.82. The van der Waals surface area contributed by atoms with E-state index in [1.54, 1.807) is 0 Å². The lowest BCUT2D eigenvalue weighted by Crippen LogP contribution is -2.06. The normalized spacial score (nSPS) is 12.2. The molecule has 1 atom stereocenters. The van der Waals surface area contributed by atoms with Crippen molar-refractivity contribution in [1.82, 2.24) is 0 Å². The van der Waals surface area contributed by atoms with Crippen LogP contribution in [0.5, 0.6) is 0 Å². The third-order valence-electron chi connectivity index (χ3n) is 5.79. The number of hydrogen-bond donors (Lipinski definition) is 1. The van der Waals surface area contributed by atoms with Crippen molar-refractivity contribution in [3.8, 4) is 0 Å². The summed E-state index contributed by atoms with van der Waals surface area (Å²) >= 11 is 0. The zero-order valence-electron chi connectivity index (χ0n) is 19.2. The first kappa shape index (κ1) is 27.4. The first-order valence-corrected chi connectivity index (χ1v) is 12.5. The molecule has 1 N–H and O–H groups in total. The number of ether oxygens (including phenoxy) is 1. The van der Waals surface area contributed by atoms with Crippen molar-refractivity contribution in [2.24, 2.45) is 0 Å². The maximum absolute atomic E-state index is 11.0. The second kappa shape index (κ2) is 22.7. The van der Waals surface area contributed by atoms with Crippen LogP contribution in [-0.4, -0.2) is 24.3 Å². The van der Waals surface area contributed by atoms with Crippen LogP contribution < -0.4 is 0 Å². The molecule has 1 unspecified atom stereocenters. The molecule has 0 saturated carbocycles. The highest BCUT2D eigenvalue weighted by Gasteiger charge is 2.04. The van der Waals surface area contributed by atoms with Crippen molar-refractivity contribution < 1.29 is 14.6 Å². The molecule has 0 aliphatic carbocycles. The summed E-state index contributed by atoms with van der Waals surface area (Å²) in [6.45, 7) is 2.28. The van der Waals surface area contributed by atoms with Gasteiger partial charge in [0.05, 0.1) is 13.2 Å². The first-order chi connectivity index (χ1) is 13.7. The molecule has 3 heteroatoms. The molecule has 0 fully saturated rings. The highest BCUT2D eigenvalue weighted by molar-refractivity contribution is 5.68. The number of hydrogen-bond acceptors (Lipinski definition) is 3. The number of rotatable bonds is 22. The van der Waals surface area contributed by atoms with E-state index in [1.165, 1.54) is 90.6 Å². The lowest BCUT2D eigenvalue weighted by Gasteiger charge is -2.10. The molecule has 3 nitrogen and oxygen atoms in total. The largest absolute Gasteiger partial charge is 0.469 e. The van der Waals surface area contributed by atoms with Gasteiger partial charge in [0, 0.05) is 6.42 Å². The van der Waals surface area contributed by atoms with Gasteiger partial charge in [-0.3, -0.25) is 4.79 Å². The highest BCUT2D eigenvalue weighted by atomic mass is 16.5. The first-order valence-electron chi connectivity index (χ1n) is 12.5. The molecule has 0 saturated heterocycles. The summed E-state index contributed by atoms with van der Waals surface area (Å²) in [4.78, 5) is 11.0. The van der Waals surface area contributed by atoms with E-state index < -0.39 is 0 Å². The summed E-state index contributed by atoms with van der Waals surface area (Å²) < 4.78 is 4.64. The summed E-state index contributed by atoms with van der Waals surface area (Å²) in [6.07, 6.45) is 25.7. The predicted molar refractivity (Wildman–Crippen MR) is 121 cm³/mol. The summed E-state index contributed by atoms with van der Waals surface area (Å²) in [7, 11) is 1.45. The minimum absolute atomic E-state index is 0.103. The molecular formula is C25H50O3. The minimum atomic E-state index is -0.109. The monoisotopic (exact) mass is 398 g/mol. The Labute approximate surface area is 176 Å². The Kier molecular flexibility index (Phi) is 22.3. The number of carbonyl (C=O) groups excluding carboxylic acids is 1. The van der Waals surface area contributed by atoms with Crippen molar-refractivity contribution in [3.63, 3.8) is 0 Å². The Morgan fingerprint density at radius 1 is 0.643 bits per heavy atom. The van der Waals surface area contributed by atoms with Gasteiger partial charge in [-0.25, -0.2) is 0 Å². The van der Waals surface area contributed by atoms with Crippen LogP contribution in [0, 0.1) is 0 Å². The van der Waals surface area contributed by atoms with Gasteiger partial charge in [0.25, 0.3) is 0 Å². The molecule has 0 aliphatic rings. The van der Waals surface area contributed by atoms with Crippen LogP contribution in [0.1, 0.15) is 142 Å². The molecule has 0 spiro atoms. The Balaban J connectivity index is 3.17. The van der Waals surface area contributed by atoms with Crippen molar-refractivity contribution in [1.29, 1.82) is 0 Å². The molecule has 28 heavy (non-hydrogen) atoms. The predicted octanol–water partition coefficient (Wildman–Crippen LogP) is 7.73. The van der Waals surface area contributed by atoms with E-state index in [-0.39, 0.29) is 12.1 Å². The summed E-state index contributed by atoms with van der Waals surface area (Å²) in [6, 6.07) is 0. The fourth-order valence-corrected chi connectivity index (χ4v) is 3.82. The van der Waals surface area contributed by atoms with Crippen LogP contribution in [-0.2, 0) is 9.53 Å². The van der Waals surface area contributed by atoms with Crippen LogP contribution in [0.3, 0.4) is 0 Å². The summed E-state index contributed by atoms with van der Waals surface area (Å²) in [5, 5.41) is 10.1. The number of aliphatic hydroxyl groups excluding tert-OH is 1. The van der Waals surface area contributed by atoms with Crippen LogP contribution in [0.4, 0.5) is 0 Å². The quantitative estimate of drug-likeness (QED) is 0.150. The second-order valence-corrected chi connectivity index (χ2v) is 8.57. The average Bonchev–Trinajstić information content (AvgIpc) is 2.70. The van der Waals surface area contributed by atoms with E-state index in [2.05, 4.69) is 11.7 Å². The molecule has 0 aromatic rings. The number of aliphatic hydroxyl groups is 1. The van der Waals surface area contributed by atoms with E-state index in [0.29, 0.717) is 6.42 Å². The van der Waals surface area contributed by atoms with Gasteiger partial charge >= 0.3 is 5.97 Å². The lowest BCUT2D eigenvalue weighted by molar-refractivity contribution is -0.140.